The van der Waals surface area contributed by atoms with E-state index in [1.807, 2.05) is 24.4 Å². The Balaban J connectivity index is 1.50. The molecule has 0 atom stereocenters. The molecule has 0 unspecified atom stereocenters. The summed E-state index contributed by atoms with van der Waals surface area (Å²) >= 11 is 3.51. The lowest BCUT2D eigenvalue weighted by atomic mass is 10.1. The summed E-state index contributed by atoms with van der Waals surface area (Å²) in [4.78, 5) is 1.63. The second-order valence-corrected chi connectivity index (χ2v) is 7.36. The largest absolute Gasteiger partial charge is 0.496 e. The minimum atomic E-state index is 0.838. The molecule has 0 radical (unpaired) electrons. The molecule has 0 amide bonds. The number of aryl methyl sites for hydroxylation is 1. The van der Waals surface area contributed by atoms with Gasteiger partial charge in [0, 0.05) is 5.56 Å². The van der Waals surface area contributed by atoms with Crippen LogP contribution in [-0.2, 0) is 6.54 Å². The molecule has 1 aliphatic heterocycles. The van der Waals surface area contributed by atoms with Crippen molar-refractivity contribution in [1.82, 2.24) is 5.01 Å². The average molecular weight is 403 g/mol. The minimum Gasteiger partial charge on any atom is -0.496 e. The summed E-state index contributed by atoms with van der Waals surface area (Å²) < 4.78 is 6.21. The summed E-state index contributed by atoms with van der Waals surface area (Å²) in [5.41, 5.74) is 3.81. The minimum absolute atomic E-state index is 0.838. The zero-order chi connectivity index (χ0) is 17.6. The van der Waals surface area contributed by atoms with E-state index in [0.717, 1.165) is 48.5 Å². The van der Waals surface area contributed by atoms with E-state index in [2.05, 4.69) is 57.2 Å². The van der Waals surface area contributed by atoms with Gasteiger partial charge in [0.1, 0.15) is 12.3 Å². The molecule has 1 heterocycles. The molecule has 1 aliphatic rings. The van der Waals surface area contributed by atoms with Crippen molar-refractivity contribution in [3.8, 4) is 5.75 Å². The molecular weight excluding hydrogens is 378 g/mol. The van der Waals surface area contributed by atoms with Gasteiger partial charge in [0.05, 0.1) is 44.0 Å². The van der Waals surface area contributed by atoms with Crippen molar-refractivity contribution in [2.24, 2.45) is 5.10 Å². The molecule has 1 fully saturated rings. The first-order chi connectivity index (χ1) is 12.1. The number of hydrogen-bond acceptors (Lipinski definition) is 3. The van der Waals surface area contributed by atoms with Gasteiger partial charge in [0.25, 0.3) is 0 Å². The molecule has 0 spiro atoms. The Morgan fingerprint density at radius 1 is 1.16 bits per heavy atom. The van der Waals surface area contributed by atoms with Gasteiger partial charge in [-0.25, -0.2) is 0 Å². The third kappa shape index (κ3) is 5.06. The Hall–Kier alpha value is -1.85. The number of quaternary nitrogens is 1. The topological polar surface area (TPSA) is 29.3 Å². The Bertz CT molecular complexity index is 722. The molecule has 0 bridgehead atoms. The lowest BCUT2D eigenvalue weighted by Crippen LogP contribution is -3.13. The molecule has 0 saturated carbocycles. The molecule has 5 heteroatoms. The fourth-order valence-electron chi connectivity index (χ4n) is 3.01. The van der Waals surface area contributed by atoms with E-state index in [-0.39, 0.29) is 0 Å². The van der Waals surface area contributed by atoms with Crippen LogP contribution in [0.5, 0.6) is 5.75 Å². The number of nitrogens with one attached hydrogen (secondary N) is 1. The van der Waals surface area contributed by atoms with Crippen molar-refractivity contribution in [3.05, 3.63) is 63.6 Å². The second kappa shape index (κ2) is 8.50. The number of rotatable bonds is 5. The van der Waals surface area contributed by atoms with Crippen molar-refractivity contribution >= 4 is 22.1 Å². The molecule has 2 aromatic rings. The van der Waals surface area contributed by atoms with Crippen molar-refractivity contribution in [1.29, 1.82) is 0 Å². The van der Waals surface area contributed by atoms with Gasteiger partial charge in [-0.3, -0.25) is 5.01 Å². The maximum Gasteiger partial charge on any atom is 0.133 e. The van der Waals surface area contributed by atoms with Crippen LogP contribution in [0.2, 0.25) is 0 Å². The van der Waals surface area contributed by atoms with Crippen LogP contribution >= 0.6 is 15.9 Å². The van der Waals surface area contributed by atoms with E-state index < -0.39 is 0 Å². The SMILES string of the molecule is COc1ccc(C=NN2CC[NH+](Cc3ccc(C)cc3)CC2)cc1Br. The molecule has 1 N–H and O–H groups in total. The van der Waals surface area contributed by atoms with Crippen molar-refractivity contribution in [2.75, 3.05) is 33.3 Å². The maximum absolute atomic E-state index is 5.26. The molecule has 132 valence electrons. The predicted molar refractivity (Wildman–Crippen MR) is 105 cm³/mol. The fraction of sp³-hybridized carbons (Fsp3) is 0.350. The highest BCUT2D eigenvalue weighted by atomic mass is 79.9. The van der Waals surface area contributed by atoms with E-state index in [9.17, 15) is 0 Å². The molecule has 1 saturated heterocycles. The number of nitrogens with zero attached hydrogens (tertiary/aromatic N) is 2. The highest BCUT2D eigenvalue weighted by Gasteiger charge is 2.18. The number of hydrogen-bond donors (Lipinski definition) is 1. The van der Waals surface area contributed by atoms with Gasteiger partial charge in [-0.05, 0) is 46.6 Å². The highest BCUT2D eigenvalue weighted by molar-refractivity contribution is 9.10. The van der Waals surface area contributed by atoms with E-state index in [1.54, 1.807) is 12.0 Å². The number of methoxy groups -OCH3 is 1. The Kier molecular flexibility index (Phi) is 6.10. The van der Waals surface area contributed by atoms with E-state index in [0.29, 0.717) is 0 Å². The van der Waals surface area contributed by atoms with Crippen molar-refractivity contribution in [2.45, 2.75) is 13.5 Å². The molecule has 0 aromatic heterocycles. The number of piperazine rings is 1. The normalized spacial score (nSPS) is 15.7. The molecular formula is C20H25BrN3O+. The van der Waals surface area contributed by atoms with Crippen LogP contribution in [-0.4, -0.2) is 44.5 Å². The summed E-state index contributed by atoms with van der Waals surface area (Å²) in [6.07, 6.45) is 1.93. The first-order valence-corrected chi connectivity index (χ1v) is 9.45. The number of benzene rings is 2. The van der Waals surface area contributed by atoms with Gasteiger partial charge in [0.2, 0.25) is 0 Å². The van der Waals surface area contributed by atoms with Crippen LogP contribution in [0, 0.1) is 6.92 Å². The third-order valence-corrected chi connectivity index (χ3v) is 5.19. The summed E-state index contributed by atoms with van der Waals surface area (Å²) in [6, 6.07) is 14.9. The van der Waals surface area contributed by atoms with Crippen LogP contribution in [0.3, 0.4) is 0 Å². The van der Waals surface area contributed by atoms with Crippen molar-refractivity contribution in [3.63, 3.8) is 0 Å². The zero-order valence-corrected chi connectivity index (χ0v) is 16.4. The summed E-state index contributed by atoms with van der Waals surface area (Å²) in [7, 11) is 1.67. The Labute approximate surface area is 158 Å². The van der Waals surface area contributed by atoms with Gasteiger partial charge in [-0.2, -0.15) is 5.10 Å². The van der Waals surface area contributed by atoms with Gasteiger partial charge >= 0.3 is 0 Å². The quantitative estimate of drug-likeness (QED) is 0.778. The van der Waals surface area contributed by atoms with E-state index >= 15 is 0 Å². The molecule has 0 aliphatic carbocycles. The van der Waals surface area contributed by atoms with Gasteiger partial charge in [-0.15, -0.1) is 0 Å². The number of ether oxygens (including phenoxy) is 1. The average Bonchev–Trinajstić information content (AvgIpc) is 2.63. The van der Waals surface area contributed by atoms with Gasteiger partial charge < -0.3 is 9.64 Å². The van der Waals surface area contributed by atoms with Crippen LogP contribution in [0.4, 0.5) is 0 Å². The smallest absolute Gasteiger partial charge is 0.133 e. The fourth-order valence-corrected chi connectivity index (χ4v) is 3.57. The van der Waals surface area contributed by atoms with Crippen LogP contribution in [0.15, 0.2) is 52.0 Å². The monoisotopic (exact) mass is 402 g/mol. The van der Waals surface area contributed by atoms with Crippen molar-refractivity contribution < 1.29 is 9.64 Å². The predicted octanol–water partition coefficient (Wildman–Crippen LogP) is 2.50. The summed E-state index contributed by atoms with van der Waals surface area (Å²) in [6.45, 7) is 7.47. The second-order valence-electron chi connectivity index (χ2n) is 6.50. The Morgan fingerprint density at radius 2 is 1.88 bits per heavy atom. The number of halogens is 1. The lowest BCUT2D eigenvalue weighted by molar-refractivity contribution is -0.918. The van der Waals surface area contributed by atoms with Crippen LogP contribution in [0.25, 0.3) is 0 Å². The molecule has 2 aromatic carbocycles. The molecule has 4 nitrogen and oxygen atoms in total. The lowest BCUT2D eigenvalue weighted by Gasteiger charge is -2.30. The number of hydrazone groups is 1. The van der Waals surface area contributed by atoms with Gasteiger partial charge in [-0.1, -0.05) is 29.8 Å². The first-order valence-electron chi connectivity index (χ1n) is 8.65. The zero-order valence-electron chi connectivity index (χ0n) is 14.8. The van der Waals surface area contributed by atoms with Crippen LogP contribution in [0.1, 0.15) is 16.7 Å². The maximum atomic E-state index is 5.26. The molecule has 25 heavy (non-hydrogen) atoms. The van der Waals surface area contributed by atoms with E-state index in [4.69, 9.17) is 4.74 Å². The Morgan fingerprint density at radius 3 is 2.52 bits per heavy atom. The summed E-state index contributed by atoms with van der Waals surface area (Å²) in [5, 5.41) is 6.80. The highest BCUT2D eigenvalue weighted by Crippen LogP contribution is 2.24. The van der Waals surface area contributed by atoms with Crippen LogP contribution < -0.4 is 9.64 Å². The first kappa shape index (κ1) is 18.0. The summed E-state index contributed by atoms with van der Waals surface area (Å²) in [5.74, 6) is 0.838. The molecule has 3 rings (SSSR count). The standard InChI is InChI=1S/C20H24BrN3O/c1-16-3-5-17(6-4-16)15-23-9-11-24(12-10-23)22-14-18-7-8-20(25-2)19(21)13-18/h3-8,13-14H,9-12,15H2,1-2H3/p+1. The van der Waals surface area contributed by atoms with E-state index in [1.165, 1.54) is 11.1 Å². The third-order valence-electron chi connectivity index (χ3n) is 4.57. The van der Waals surface area contributed by atoms with Gasteiger partial charge in [0.15, 0.2) is 0 Å².